The van der Waals surface area contributed by atoms with Crippen LogP contribution in [0.25, 0.3) is 0 Å². The van der Waals surface area contributed by atoms with E-state index >= 15 is 0 Å². The van der Waals surface area contributed by atoms with E-state index in [-0.39, 0.29) is 17.7 Å². The van der Waals surface area contributed by atoms with Gasteiger partial charge in [-0.15, -0.1) is 10.2 Å². The lowest BCUT2D eigenvalue weighted by atomic mass is 9.99. The Morgan fingerprint density at radius 2 is 2.12 bits per heavy atom. The highest BCUT2D eigenvalue weighted by molar-refractivity contribution is 5.98. The third-order valence-electron chi connectivity index (χ3n) is 4.44. The Labute approximate surface area is 140 Å². The van der Waals surface area contributed by atoms with Crippen LogP contribution in [0, 0.1) is 0 Å². The average Bonchev–Trinajstić information content (AvgIpc) is 3.01. The van der Waals surface area contributed by atoms with Gasteiger partial charge in [0.25, 0.3) is 5.91 Å². The minimum absolute atomic E-state index is 0.0721. The molecule has 1 unspecified atom stereocenters. The Kier molecular flexibility index (Phi) is 4.33. The maximum atomic E-state index is 12.4. The molecule has 2 heterocycles. The second-order valence-corrected chi connectivity index (χ2v) is 6.21. The van der Waals surface area contributed by atoms with E-state index in [1.54, 1.807) is 24.3 Å². The van der Waals surface area contributed by atoms with E-state index in [4.69, 9.17) is 0 Å². The van der Waals surface area contributed by atoms with E-state index in [1.807, 2.05) is 30.7 Å². The summed E-state index contributed by atoms with van der Waals surface area (Å²) < 4.78 is 1.85. The smallest absolute Gasteiger partial charge is 0.251 e. The van der Waals surface area contributed by atoms with Gasteiger partial charge in [-0.3, -0.25) is 9.59 Å². The molecule has 126 valence electrons. The van der Waals surface area contributed by atoms with E-state index in [0.29, 0.717) is 24.9 Å². The van der Waals surface area contributed by atoms with Gasteiger partial charge in [-0.2, -0.15) is 0 Å². The van der Waals surface area contributed by atoms with Crippen LogP contribution in [0.2, 0.25) is 0 Å². The summed E-state index contributed by atoms with van der Waals surface area (Å²) in [4.78, 5) is 25.8. The number of benzene rings is 1. The fourth-order valence-electron chi connectivity index (χ4n) is 2.98. The quantitative estimate of drug-likeness (QED) is 0.917. The first-order valence-electron chi connectivity index (χ1n) is 7.99. The monoisotopic (exact) mass is 327 g/mol. The van der Waals surface area contributed by atoms with E-state index in [0.717, 1.165) is 17.1 Å². The number of fused-ring (bicyclic) bond motifs is 1. The minimum Gasteiger partial charge on any atom is -0.351 e. The molecular weight excluding hydrogens is 306 g/mol. The number of amides is 2. The van der Waals surface area contributed by atoms with Crippen molar-refractivity contribution >= 4 is 17.5 Å². The molecule has 3 rings (SSSR count). The third kappa shape index (κ3) is 3.02. The van der Waals surface area contributed by atoms with Crippen molar-refractivity contribution in [3.63, 3.8) is 0 Å². The van der Waals surface area contributed by atoms with Crippen LogP contribution < -0.4 is 10.2 Å². The van der Waals surface area contributed by atoms with Crippen LogP contribution in [0.15, 0.2) is 24.5 Å². The largest absolute Gasteiger partial charge is 0.351 e. The molecule has 24 heavy (non-hydrogen) atoms. The highest BCUT2D eigenvalue weighted by Gasteiger charge is 2.22. The van der Waals surface area contributed by atoms with Gasteiger partial charge in [-0.1, -0.05) is 6.92 Å². The summed E-state index contributed by atoms with van der Waals surface area (Å²) in [6.07, 6.45) is 2.81. The highest BCUT2D eigenvalue weighted by Crippen LogP contribution is 2.27. The van der Waals surface area contributed by atoms with Gasteiger partial charge in [-0.25, -0.2) is 0 Å². The number of aryl methyl sites for hydroxylation is 2. The predicted molar refractivity (Wildman–Crippen MR) is 89.9 cm³/mol. The normalized spacial score (nSPS) is 15.1. The van der Waals surface area contributed by atoms with Crippen molar-refractivity contribution < 1.29 is 9.59 Å². The molecule has 7 nitrogen and oxygen atoms in total. The van der Waals surface area contributed by atoms with E-state index in [1.165, 1.54) is 0 Å². The van der Waals surface area contributed by atoms with Crippen LogP contribution in [0.1, 0.15) is 41.0 Å². The van der Waals surface area contributed by atoms with Crippen LogP contribution in [-0.4, -0.2) is 40.2 Å². The van der Waals surface area contributed by atoms with Gasteiger partial charge in [0.15, 0.2) is 0 Å². The lowest BCUT2D eigenvalue weighted by Gasteiger charge is -2.26. The maximum Gasteiger partial charge on any atom is 0.251 e. The molecule has 0 saturated heterocycles. The lowest BCUT2D eigenvalue weighted by molar-refractivity contribution is -0.118. The standard InChI is InChI=1S/C17H21N5O2/c1-11(16-20-19-10-21(16)2)9-18-17(24)13-4-6-14-12(8-13)5-7-15(23)22(14)3/h4,6,8,10-11H,5,7,9H2,1-3H3,(H,18,24). The molecule has 7 heteroatoms. The molecule has 1 aliphatic heterocycles. The van der Waals surface area contributed by atoms with Crippen LogP contribution in [0.4, 0.5) is 5.69 Å². The zero-order valence-electron chi connectivity index (χ0n) is 14.1. The number of nitrogens with zero attached hydrogens (tertiary/aromatic N) is 4. The van der Waals surface area contributed by atoms with Crippen LogP contribution >= 0.6 is 0 Å². The third-order valence-corrected chi connectivity index (χ3v) is 4.44. The van der Waals surface area contributed by atoms with Crippen LogP contribution in [-0.2, 0) is 18.3 Å². The molecule has 1 aromatic carbocycles. The Balaban J connectivity index is 1.68. The Morgan fingerprint density at radius 1 is 1.33 bits per heavy atom. The van der Waals surface area contributed by atoms with Crippen LogP contribution in [0.3, 0.4) is 0 Å². The molecule has 1 aromatic heterocycles. The zero-order valence-corrected chi connectivity index (χ0v) is 14.1. The number of hydrogen-bond acceptors (Lipinski definition) is 4. The molecule has 1 N–H and O–H groups in total. The van der Waals surface area contributed by atoms with Crippen molar-refractivity contribution in [2.24, 2.45) is 7.05 Å². The molecule has 0 spiro atoms. The molecule has 0 radical (unpaired) electrons. The van der Waals surface area contributed by atoms with Gasteiger partial charge in [0.2, 0.25) is 5.91 Å². The average molecular weight is 327 g/mol. The first kappa shape index (κ1) is 16.2. The summed E-state index contributed by atoms with van der Waals surface area (Å²) in [6.45, 7) is 2.48. The number of carbonyl (C=O) groups excluding carboxylic acids is 2. The molecular formula is C17H21N5O2. The second kappa shape index (κ2) is 6.43. The summed E-state index contributed by atoms with van der Waals surface area (Å²) in [5.41, 5.74) is 2.53. The topological polar surface area (TPSA) is 80.1 Å². The first-order valence-corrected chi connectivity index (χ1v) is 7.99. The molecule has 2 amide bonds. The van der Waals surface area contributed by atoms with Gasteiger partial charge in [0, 0.05) is 44.2 Å². The highest BCUT2D eigenvalue weighted by atomic mass is 16.2. The first-order chi connectivity index (χ1) is 11.5. The molecule has 2 aromatic rings. The number of hydrogen-bond donors (Lipinski definition) is 1. The van der Waals surface area contributed by atoms with Crippen molar-refractivity contribution in [2.45, 2.75) is 25.7 Å². The number of anilines is 1. The summed E-state index contributed by atoms with van der Waals surface area (Å²) in [7, 11) is 3.65. The SMILES string of the molecule is CC(CNC(=O)c1ccc2c(c1)CCC(=O)N2C)c1nncn1C. The Bertz CT molecular complexity index is 783. The summed E-state index contributed by atoms with van der Waals surface area (Å²) in [5.74, 6) is 0.896. The van der Waals surface area contributed by atoms with Crippen molar-refractivity contribution in [1.29, 1.82) is 0 Å². The molecule has 0 aliphatic carbocycles. The zero-order chi connectivity index (χ0) is 17.3. The van der Waals surface area contributed by atoms with E-state index in [9.17, 15) is 9.59 Å². The number of aromatic nitrogens is 3. The van der Waals surface area contributed by atoms with E-state index in [2.05, 4.69) is 15.5 Å². The van der Waals surface area contributed by atoms with E-state index < -0.39 is 0 Å². The number of carbonyl (C=O) groups is 2. The van der Waals surface area contributed by atoms with Crippen molar-refractivity contribution in [3.05, 3.63) is 41.5 Å². The Hall–Kier alpha value is -2.70. The van der Waals surface area contributed by atoms with Crippen molar-refractivity contribution in [1.82, 2.24) is 20.1 Å². The number of rotatable bonds is 4. The predicted octanol–water partition coefficient (Wildman–Crippen LogP) is 1.26. The van der Waals surface area contributed by atoms with Crippen molar-refractivity contribution in [3.8, 4) is 0 Å². The second-order valence-electron chi connectivity index (χ2n) is 6.21. The van der Waals surface area contributed by atoms with Gasteiger partial charge >= 0.3 is 0 Å². The molecule has 0 saturated carbocycles. The molecule has 1 atom stereocenters. The van der Waals surface area contributed by atoms with Crippen molar-refractivity contribution in [2.75, 3.05) is 18.5 Å². The Morgan fingerprint density at radius 3 is 2.83 bits per heavy atom. The molecule has 0 bridgehead atoms. The minimum atomic E-state index is -0.119. The maximum absolute atomic E-state index is 12.4. The van der Waals surface area contributed by atoms with Gasteiger partial charge < -0.3 is 14.8 Å². The van der Waals surface area contributed by atoms with Gasteiger partial charge in [0.1, 0.15) is 12.2 Å². The summed E-state index contributed by atoms with van der Waals surface area (Å²) in [6, 6.07) is 5.48. The van der Waals surface area contributed by atoms with Crippen LogP contribution in [0.5, 0.6) is 0 Å². The fourth-order valence-corrected chi connectivity index (χ4v) is 2.98. The summed E-state index contributed by atoms with van der Waals surface area (Å²) in [5, 5.41) is 10.9. The molecule has 1 aliphatic rings. The fraction of sp³-hybridized carbons (Fsp3) is 0.412. The summed E-state index contributed by atoms with van der Waals surface area (Å²) >= 11 is 0. The number of nitrogens with one attached hydrogen (secondary N) is 1. The lowest BCUT2D eigenvalue weighted by Crippen LogP contribution is -2.32. The molecule has 0 fully saturated rings. The van der Waals surface area contributed by atoms with Gasteiger partial charge in [-0.05, 0) is 30.2 Å². The van der Waals surface area contributed by atoms with Gasteiger partial charge in [0.05, 0.1) is 0 Å².